The summed E-state index contributed by atoms with van der Waals surface area (Å²) in [6.07, 6.45) is 3.49. The molecule has 2 aromatic heterocycles. The molecule has 3 nitrogen and oxygen atoms in total. The van der Waals surface area contributed by atoms with E-state index in [0.717, 1.165) is 39.0 Å². The molecule has 0 aliphatic heterocycles. The fraction of sp³-hybridized carbons (Fsp3) is 0.321. The highest BCUT2D eigenvalue weighted by Gasteiger charge is 2.35. The van der Waals surface area contributed by atoms with Gasteiger partial charge in [-0.25, -0.2) is 4.39 Å². The molecule has 0 saturated carbocycles. The molecule has 1 unspecified atom stereocenters. The molecule has 32 heavy (non-hydrogen) atoms. The number of halogens is 1. The first-order valence-corrected chi connectivity index (χ1v) is 11.2. The van der Waals surface area contributed by atoms with Crippen LogP contribution in [-0.2, 0) is 11.8 Å². The Labute approximate surface area is 189 Å². The highest BCUT2D eigenvalue weighted by atomic mass is 19.1. The Balaban J connectivity index is 1.60. The minimum absolute atomic E-state index is 0.240. The van der Waals surface area contributed by atoms with E-state index in [0.29, 0.717) is 19.3 Å². The summed E-state index contributed by atoms with van der Waals surface area (Å²) in [4.78, 5) is 8.02. The van der Waals surface area contributed by atoms with Crippen molar-refractivity contribution in [3.05, 3.63) is 89.5 Å². The van der Waals surface area contributed by atoms with Crippen LogP contribution in [0.3, 0.4) is 0 Å². The second kappa shape index (κ2) is 8.51. The Hall–Kier alpha value is -2.98. The van der Waals surface area contributed by atoms with Crippen molar-refractivity contribution in [3.63, 3.8) is 0 Å². The normalized spacial score (nSPS) is 13.9. The quantitative estimate of drug-likeness (QED) is 0.341. The van der Waals surface area contributed by atoms with Crippen LogP contribution in [0.5, 0.6) is 0 Å². The van der Waals surface area contributed by atoms with E-state index in [2.05, 4.69) is 35.9 Å². The molecule has 2 aromatic carbocycles. The Kier molecular flexibility index (Phi) is 5.91. The van der Waals surface area contributed by atoms with Crippen LogP contribution in [0.4, 0.5) is 4.39 Å². The van der Waals surface area contributed by atoms with Crippen LogP contribution in [0.2, 0.25) is 0 Å². The number of nitrogens with zero attached hydrogens (tertiary/aromatic N) is 1. The van der Waals surface area contributed by atoms with E-state index in [-0.39, 0.29) is 11.2 Å². The topological polar surface area (TPSA) is 48.9 Å². The number of pyridine rings is 1. The number of H-pyrrole nitrogens is 1. The largest absolute Gasteiger partial charge is 0.389 e. The van der Waals surface area contributed by atoms with Crippen molar-refractivity contribution < 1.29 is 9.50 Å². The molecular formula is C28H31FN2O. The summed E-state index contributed by atoms with van der Waals surface area (Å²) in [5.41, 5.74) is 4.63. The molecule has 0 bridgehead atoms. The van der Waals surface area contributed by atoms with Crippen LogP contribution in [-0.4, -0.2) is 20.7 Å². The third kappa shape index (κ3) is 4.61. The van der Waals surface area contributed by atoms with Crippen molar-refractivity contribution in [2.24, 2.45) is 0 Å². The third-order valence-electron chi connectivity index (χ3n) is 6.51. The lowest BCUT2D eigenvalue weighted by molar-refractivity contribution is 0.00874. The van der Waals surface area contributed by atoms with Crippen LogP contribution in [0.15, 0.2) is 66.9 Å². The van der Waals surface area contributed by atoms with E-state index >= 15 is 0 Å². The molecule has 2 heterocycles. The number of aryl methyl sites for hydroxylation is 1. The molecule has 0 aliphatic rings. The van der Waals surface area contributed by atoms with Gasteiger partial charge in [0.05, 0.1) is 23.0 Å². The summed E-state index contributed by atoms with van der Waals surface area (Å²) in [5.74, 6) is -0.240. The van der Waals surface area contributed by atoms with Gasteiger partial charge in [-0.3, -0.25) is 4.98 Å². The van der Waals surface area contributed by atoms with Crippen molar-refractivity contribution in [3.8, 4) is 11.3 Å². The summed E-state index contributed by atoms with van der Waals surface area (Å²) >= 11 is 0. The van der Waals surface area contributed by atoms with E-state index in [1.165, 1.54) is 6.07 Å². The van der Waals surface area contributed by atoms with Crippen molar-refractivity contribution in [2.45, 2.75) is 58.0 Å². The summed E-state index contributed by atoms with van der Waals surface area (Å²) in [6, 6.07) is 19.2. The van der Waals surface area contributed by atoms with Gasteiger partial charge in [-0.2, -0.15) is 0 Å². The van der Waals surface area contributed by atoms with Gasteiger partial charge < -0.3 is 10.1 Å². The zero-order valence-electron chi connectivity index (χ0n) is 19.2. The average Bonchev–Trinajstić information content (AvgIpc) is 3.16. The molecule has 0 amide bonds. The number of fused-ring (bicyclic) bond motifs is 1. The number of rotatable bonds is 7. The van der Waals surface area contributed by atoms with E-state index < -0.39 is 5.60 Å². The second-order valence-corrected chi connectivity index (χ2v) is 9.59. The van der Waals surface area contributed by atoms with Gasteiger partial charge in [-0.15, -0.1) is 0 Å². The van der Waals surface area contributed by atoms with Crippen LogP contribution >= 0.6 is 0 Å². The van der Waals surface area contributed by atoms with E-state index in [1.54, 1.807) is 6.07 Å². The summed E-state index contributed by atoms with van der Waals surface area (Å²) < 4.78 is 13.9. The maximum atomic E-state index is 13.9. The number of aromatic amines is 1. The molecule has 166 valence electrons. The summed E-state index contributed by atoms with van der Waals surface area (Å²) in [7, 11) is 0. The van der Waals surface area contributed by atoms with Crippen molar-refractivity contribution in [2.75, 3.05) is 0 Å². The first-order valence-electron chi connectivity index (χ1n) is 11.2. The highest BCUT2D eigenvalue weighted by molar-refractivity contribution is 5.83. The fourth-order valence-corrected chi connectivity index (χ4v) is 4.86. The first kappa shape index (κ1) is 22.2. The summed E-state index contributed by atoms with van der Waals surface area (Å²) in [6.45, 7) is 8.16. The fourth-order valence-electron chi connectivity index (χ4n) is 4.86. The number of hydrogen-bond acceptors (Lipinski definition) is 2. The van der Waals surface area contributed by atoms with Crippen LogP contribution in [0, 0.1) is 12.7 Å². The van der Waals surface area contributed by atoms with E-state index in [9.17, 15) is 9.50 Å². The van der Waals surface area contributed by atoms with Gasteiger partial charge in [-0.05, 0) is 60.6 Å². The predicted octanol–water partition coefficient (Wildman–Crippen LogP) is 6.73. The lowest BCUT2D eigenvalue weighted by atomic mass is 9.72. The predicted molar refractivity (Wildman–Crippen MR) is 129 cm³/mol. The molecule has 0 fully saturated rings. The maximum Gasteiger partial charge on any atom is 0.123 e. The zero-order chi connectivity index (χ0) is 22.9. The van der Waals surface area contributed by atoms with Crippen molar-refractivity contribution >= 4 is 10.9 Å². The highest BCUT2D eigenvalue weighted by Crippen LogP contribution is 2.37. The number of hydrogen-bond donors (Lipinski definition) is 2. The molecule has 0 saturated heterocycles. The molecule has 0 radical (unpaired) electrons. The van der Waals surface area contributed by atoms with Crippen LogP contribution in [0.1, 0.15) is 50.4 Å². The van der Waals surface area contributed by atoms with Gasteiger partial charge in [0.1, 0.15) is 5.82 Å². The molecule has 0 aliphatic carbocycles. The van der Waals surface area contributed by atoms with Gasteiger partial charge >= 0.3 is 0 Å². The van der Waals surface area contributed by atoms with Gasteiger partial charge in [0.15, 0.2) is 0 Å². The Morgan fingerprint density at radius 1 is 1.03 bits per heavy atom. The molecule has 0 spiro atoms. The average molecular weight is 431 g/mol. The monoisotopic (exact) mass is 430 g/mol. The second-order valence-electron chi connectivity index (χ2n) is 9.59. The minimum atomic E-state index is -0.918. The number of aliphatic hydroxyl groups is 1. The smallest absolute Gasteiger partial charge is 0.123 e. The molecule has 1 atom stereocenters. The van der Waals surface area contributed by atoms with Gasteiger partial charge in [-0.1, -0.05) is 57.2 Å². The molecule has 4 heteroatoms. The lowest BCUT2D eigenvalue weighted by Gasteiger charge is -2.37. The molecular weight excluding hydrogens is 399 g/mol. The van der Waals surface area contributed by atoms with Crippen molar-refractivity contribution in [1.29, 1.82) is 0 Å². The first-order chi connectivity index (χ1) is 15.2. The third-order valence-corrected chi connectivity index (χ3v) is 6.51. The Morgan fingerprint density at radius 2 is 1.78 bits per heavy atom. The molecule has 2 N–H and O–H groups in total. The summed E-state index contributed by atoms with van der Waals surface area (Å²) in [5, 5.41) is 12.6. The maximum absolute atomic E-state index is 13.9. The zero-order valence-corrected chi connectivity index (χ0v) is 19.2. The molecule has 4 aromatic rings. The van der Waals surface area contributed by atoms with Crippen LogP contribution < -0.4 is 0 Å². The molecule has 4 rings (SSSR count). The number of nitrogens with one attached hydrogen (secondary N) is 1. The van der Waals surface area contributed by atoms with Gasteiger partial charge in [0, 0.05) is 23.1 Å². The number of benzene rings is 2. The van der Waals surface area contributed by atoms with E-state index in [4.69, 9.17) is 0 Å². The van der Waals surface area contributed by atoms with E-state index in [1.807, 2.05) is 56.4 Å². The van der Waals surface area contributed by atoms with Gasteiger partial charge in [0.25, 0.3) is 0 Å². The number of aromatic nitrogens is 2. The van der Waals surface area contributed by atoms with Crippen LogP contribution in [0.25, 0.3) is 22.2 Å². The van der Waals surface area contributed by atoms with Gasteiger partial charge in [0.2, 0.25) is 0 Å². The Morgan fingerprint density at radius 3 is 2.50 bits per heavy atom. The van der Waals surface area contributed by atoms with Crippen molar-refractivity contribution in [1.82, 2.24) is 9.97 Å². The SMILES string of the molecule is CCC(O)(Cc1cc2cc(-c3ccccc3)ncc2[nH]1)CC(C)(C)c1cc(F)ccc1C. The minimum Gasteiger partial charge on any atom is -0.389 e. The standard InChI is InChI=1S/C28H31FN2O/c1-5-28(32,18-27(3,4)24-15-22(29)12-11-19(24)2)16-23-13-21-14-25(30-17-26(21)31-23)20-9-7-6-8-10-20/h6-15,17,31-32H,5,16,18H2,1-4H3. The lowest BCUT2D eigenvalue weighted by Crippen LogP contribution is -2.38. The Bertz CT molecular complexity index is 1230.